The summed E-state index contributed by atoms with van der Waals surface area (Å²) in [6, 6.07) is 5.37. The van der Waals surface area contributed by atoms with Crippen molar-refractivity contribution in [1.82, 2.24) is 24.8 Å². The average molecular weight is 342 g/mol. The fourth-order valence-corrected chi connectivity index (χ4v) is 2.89. The molecule has 8 heteroatoms. The smallest absolute Gasteiger partial charge is 0.320 e. The van der Waals surface area contributed by atoms with Gasteiger partial charge in [0.05, 0.1) is 17.7 Å². The van der Waals surface area contributed by atoms with Gasteiger partial charge in [0.2, 0.25) is 0 Å². The fraction of sp³-hybridized carbons (Fsp3) is 0.250. The lowest BCUT2D eigenvalue weighted by Gasteiger charge is -2.07. The molecule has 0 unspecified atom stereocenters. The van der Waals surface area contributed by atoms with Crippen LogP contribution in [0.5, 0.6) is 0 Å². The summed E-state index contributed by atoms with van der Waals surface area (Å²) in [6.45, 7) is 5.17. The molecule has 0 aliphatic heterocycles. The second-order valence-corrected chi connectivity index (χ2v) is 6.10. The standard InChI is InChI=1S/C16H18N6OS/c1-11-12(2)22(10-19-11)8-7-18-16(23)21-14-9-24-15(20-14)13-5-3-4-6-17-13/h3-6,9-10H,7-8H2,1-2H3,(H2,18,21,23). The van der Waals surface area contributed by atoms with Gasteiger partial charge in [-0.3, -0.25) is 10.3 Å². The number of carbonyl (C=O) groups is 1. The summed E-state index contributed by atoms with van der Waals surface area (Å²) in [4.78, 5) is 24.8. The van der Waals surface area contributed by atoms with Gasteiger partial charge < -0.3 is 9.88 Å². The molecular weight excluding hydrogens is 324 g/mol. The van der Waals surface area contributed by atoms with E-state index < -0.39 is 0 Å². The number of aryl methyl sites for hydroxylation is 1. The molecule has 0 atom stereocenters. The summed E-state index contributed by atoms with van der Waals surface area (Å²) in [7, 11) is 0. The summed E-state index contributed by atoms with van der Waals surface area (Å²) in [5, 5.41) is 8.12. The van der Waals surface area contributed by atoms with E-state index in [1.54, 1.807) is 17.9 Å². The topological polar surface area (TPSA) is 84.7 Å². The summed E-state index contributed by atoms with van der Waals surface area (Å²) < 4.78 is 2.01. The minimum atomic E-state index is -0.276. The van der Waals surface area contributed by atoms with Crippen molar-refractivity contribution < 1.29 is 4.79 Å². The monoisotopic (exact) mass is 342 g/mol. The number of hydrogen-bond acceptors (Lipinski definition) is 5. The Bertz CT molecular complexity index is 826. The fourth-order valence-electron chi connectivity index (χ4n) is 2.16. The Morgan fingerprint density at radius 2 is 2.17 bits per heavy atom. The predicted molar refractivity (Wildman–Crippen MR) is 94.1 cm³/mol. The van der Waals surface area contributed by atoms with E-state index >= 15 is 0 Å². The van der Waals surface area contributed by atoms with Crippen LogP contribution in [0, 0.1) is 13.8 Å². The highest BCUT2D eigenvalue weighted by molar-refractivity contribution is 7.13. The van der Waals surface area contributed by atoms with Crippen molar-refractivity contribution in [2.24, 2.45) is 0 Å². The molecule has 0 aliphatic carbocycles. The summed E-state index contributed by atoms with van der Waals surface area (Å²) in [5.41, 5.74) is 2.91. The average Bonchev–Trinajstić information content (AvgIpc) is 3.17. The van der Waals surface area contributed by atoms with Gasteiger partial charge in [0, 0.05) is 30.4 Å². The molecule has 0 fully saturated rings. The third-order valence-electron chi connectivity index (χ3n) is 3.61. The molecule has 0 radical (unpaired) electrons. The summed E-state index contributed by atoms with van der Waals surface area (Å²) in [6.07, 6.45) is 3.50. The maximum Gasteiger partial charge on any atom is 0.320 e. The molecule has 3 heterocycles. The number of amides is 2. The van der Waals surface area contributed by atoms with Crippen LogP contribution < -0.4 is 10.6 Å². The van der Waals surface area contributed by atoms with Crippen LogP contribution in [0.3, 0.4) is 0 Å². The molecule has 3 aromatic heterocycles. The number of carbonyl (C=O) groups excluding carboxylic acids is 1. The SMILES string of the molecule is Cc1ncn(CCNC(=O)Nc2csc(-c3ccccn3)n2)c1C. The highest BCUT2D eigenvalue weighted by atomic mass is 32.1. The van der Waals surface area contributed by atoms with Crippen LogP contribution in [-0.2, 0) is 6.54 Å². The van der Waals surface area contributed by atoms with E-state index in [1.165, 1.54) is 11.3 Å². The van der Waals surface area contributed by atoms with Crippen molar-refractivity contribution in [3.8, 4) is 10.7 Å². The molecule has 0 saturated heterocycles. The highest BCUT2D eigenvalue weighted by Gasteiger charge is 2.08. The van der Waals surface area contributed by atoms with Crippen LogP contribution in [0.15, 0.2) is 36.1 Å². The van der Waals surface area contributed by atoms with Gasteiger partial charge in [0.1, 0.15) is 10.8 Å². The Kier molecular flexibility index (Phi) is 4.85. The number of nitrogens with zero attached hydrogens (tertiary/aromatic N) is 4. The number of pyridine rings is 1. The lowest BCUT2D eigenvalue weighted by molar-refractivity contribution is 0.251. The number of urea groups is 1. The van der Waals surface area contributed by atoms with Crippen molar-refractivity contribution in [3.05, 3.63) is 47.5 Å². The Morgan fingerprint density at radius 1 is 1.29 bits per heavy atom. The molecule has 0 aliphatic rings. The van der Waals surface area contributed by atoms with Crippen LogP contribution in [0.4, 0.5) is 10.6 Å². The number of anilines is 1. The molecule has 2 N–H and O–H groups in total. The molecule has 0 bridgehead atoms. The van der Waals surface area contributed by atoms with Gasteiger partial charge in [-0.15, -0.1) is 11.3 Å². The molecule has 0 aromatic carbocycles. The van der Waals surface area contributed by atoms with Crippen LogP contribution in [-0.4, -0.2) is 32.1 Å². The van der Waals surface area contributed by atoms with Crippen LogP contribution in [0.2, 0.25) is 0 Å². The van der Waals surface area contributed by atoms with Crippen molar-refractivity contribution in [2.75, 3.05) is 11.9 Å². The molecule has 0 spiro atoms. The first-order chi connectivity index (χ1) is 11.6. The zero-order valence-electron chi connectivity index (χ0n) is 13.5. The maximum atomic E-state index is 11.9. The third kappa shape index (κ3) is 3.77. The lowest BCUT2D eigenvalue weighted by Crippen LogP contribution is -2.31. The van der Waals surface area contributed by atoms with Gasteiger partial charge >= 0.3 is 6.03 Å². The van der Waals surface area contributed by atoms with Gasteiger partial charge in [-0.1, -0.05) is 6.07 Å². The maximum absolute atomic E-state index is 11.9. The normalized spacial score (nSPS) is 10.6. The molecule has 0 saturated carbocycles. The van der Waals surface area contributed by atoms with Gasteiger partial charge in [0.25, 0.3) is 0 Å². The van der Waals surface area contributed by atoms with Gasteiger partial charge in [-0.25, -0.2) is 14.8 Å². The quantitative estimate of drug-likeness (QED) is 0.747. The van der Waals surface area contributed by atoms with Crippen molar-refractivity contribution >= 4 is 23.2 Å². The number of imidazole rings is 1. The second kappa shape index (κ2) is 7.22. The first-order valence-corrected chi connectivity index (χ1v) is 8.41. The lowest BCUT2D eigenvalue weighted by atomic mass is 10.4. The first-order valence-electron chi connectivity index (χ1n) is 7.53. The van der Waals surface area contributed by atoms with E-state index in [4.69, 9.17) is 0 Å². The molecule has 24 heavy (non-hydrogen) atoms. The van der Waals surface area contributed by atoms with Crippen LogP contribution >= 0.6 is 11.3 Å². The molecule has 3 rings (SSSR count). The Morgan fingerprint density at radius 3 is 2.88 bits per heavy atom. The van der Waals surface area contributed by atoms with E-state index in [9.17, 15) is 4.79 Å². The van der Waals surface area contributed by atoms with Gasteiger partial charge in [0.15, 0.2) is 0 Å². The number of nitrogens with one attached hydrogen (secondary N) is 2. The predicted octanol–water partition coefficient (Wildman–Crippen LogP) is 2.84. The Balaban J connectivity index is 1.50. The minimum Gasteiger partial charge on any atom is -0.336 e. The van der Waals surface area contributed by atoms with Crippen LogP contribution in [0.25, 0.3) is 10.7 Å². The highest BCUT2D eigenvalue weighted by Crippen LogP contribution is 2.23. The van der Waals surface area contributed by atoms with E-state index in [2.05, 4.69) is 25.6 Å². The van der Waals surface area contributed by atoms with E-state index in [-0.39, 0.29) is 6.03 Å². The largest absolute Gasteiger partial charge is 0.336 e. The van der Waals surface area contributed by atoms with Crippen molar-refractivity contribution in [3.63, 3.8) is 0 Å². The van der Waals surface area contributed by atoms with Crippen LogP contribution in [0.1, 0.15) is 11.4 Å². The van der Waals surface area contributed by atoms with Gasteiger partial charge in [-0.05, 0) is 26.0 Å². The Labute approximate surface area is 143 Å². The molecular formula is C16H18N6OS. The summed E-state index contributed by atoms with van der Waals surface area (Å²) in [5.74, 6) is 0.521. The molecule has 124 valence electrons. The second-order valence-electron chi connectivity index (χ2n) is 5.24. The number of hydrogen-bond donors (Lipinski definition) is 2. The first kappa shape index (κ1) is 16.1. The van der Waals surface area contributed by atoms with Crippen molar-refractivity contribution in [2.45, 2.75) is 20.4 Å². The third-order valence-corrected chi connectivity index (χ3v) is 4.48. The minimum absolute atomic E-state index is 0.276. The summed E-state index contributed by atoms with van der Waals surface area (Å²) >= 11 is 1.44. The van der Waals surface area contributed by atoms with Gasteiger partial charge in [-0.2, -0.15) is 0 Å². The molecule has 2 amide bonds. The van der Waals surface area contributed by atoms with E-state index in [1.807, 2.05) is 36.6 Å². The van der Waals surface area contributed by atoms with E-state index in [0.717, 1.165) is 22.1 Å². The van der Waals surface area contributed by atoms with Crippen molar-refractivity contribution in [1.29, 1.82) is 0 Å². The zero-order chi connectivity index (χ0) is 16.9. The zero-order valence-corrected chi connectivity index (χ0v) is 14.3. The number of thiazole rings is 1. The van der Waals surface area contributed by atoms with E-state index in [0.29, 0.717) is 18.9 Å². The number of rotatable bonds is 5. The molecule has 3 aromatic rings. The number of aromatic nitrogens is 4. The molecule has 7 nitrogen and oxygen atoms in total. The Hall–Kier alpha value is -2.74.